The molecule has 2 aromatic rings. The first-order chi connectivity index (χ1) is 9.56. The highest BCUT2D eigenvalue weighted by Gasteiger charge is 2.18. The lowest BCUT2D eigenvalue weighted by atomic mass is 10.3. The van der Waals surface area contributed by atoms with Crippen LogP contribution in [0.2, 0.25) is 5.15 Å². The number of nitrogens with zero attached hydrogens (tertiary/aromatic N) is 1. The molecular weight excluding hydrogens is 328 g/mol. The summed E-state index contributed by atoms with van der Waals surface area (Å²) in [5, 5.41) is 1.87. The van der Waals surface area contributed by atoms with Crippen LogP contribution in [0.25, 0.3) is 0 Å². The molecule has 0 aliphatic carbocycles. The van der Waals surface area contributed by atoms with Crippen LogP contribution in [0.15, 0.2) is 34.7 Å². The lowest BCUT2D eigenvalue weighted by Crippen LogP contribution is -2.04. The number of rotatable bonds is 5. The second kappa shape index (κ2) is 7.01. The van der Waals surface area contributed by atoms with E-state index in [1.807, 2.05) is 0 Å². The molecule has 0 radical (unpaired) electrons. The molecule has 106 valence electrons. The van der Waals surface area contributed by atoms with E-state index >= 15 is 0 Å². The third kappa shape index (κ3) is 4.16. The van der Waals surface area contributed by atoms with Crippen LogP contribution < -0.4 is 0 Å². The van der Waals surface area contributed by atoms with Crippen LogP contribution in [0.1, 0.15) is 15.2 Å². The summed E-state index contributed by atoms with van der Waals surface area (Å²) in [4.78, 5) is 16.1. The highest BCUT2D eigenvalue weighted by Crippen LogP contribution is 2.32. The second-order valence-electron chi connectivity index (χ2n) is 3.56. The molecule has 2 aromatic heterocycles. The van der Waals surface area contributed by atoms with E-state index in [4.69, 9.17) is 16.3 Å². The summed E-state index contributed by atoms with van der Waals surface area (Å²) in [7, 11) is 0. The number of carbonyl (C=O) groups excluding carboxylic acids is 1. The predicted molar refractivity (Wildman–Crippen MR) is 74.5 cm³/mol. The summed E-state index contributed by atoms with van der Waals surface area (Å²) >= 11 is 7.11. The molecule has 0 saturated carbocycles. The average Bonchev–Trinajstić information content (AvgIpc) is 2.83. The molecule has 3 nitrogen and oxygen atoms in total. The van der Waals surface area contributed by atoms with Crippen LogP contribution in [0.5, 0.6) is 0 Å². The Bertz CT molecular complexity index is 607. The Balaban J connectivity index is 2.00. The molecule has 20 heavy (non-hydrogen) atoms. The van der Waals surface area contributed by atoms with Gasteiger partial charge >= 0.3 is 5.97 Å². The number of hydrogen-bond acceptors (Lipinski definition) is 5. The first kappa shape index (κ1) is 15.2. The maximum Gasteiger partial charge on any atom is 0.349 e. The van der Waals surface area contributed by atoms with Gasteiger partial charge in [0, 0.05) is 11.1 Å². The lowest BCUT2D eigenvalue weighted by Gasteiger charge is -2.05. The van der Waals surface area contributed by atoms with Crippen LogP contribution in [0.3, 0.4) is 0 Å². The van der Waals surface area contributed by atoms with E-state index in [9.17, 15) is 13.6 Å². The van der Waals surface area contributed by atoms with Gasteiger partial charge in [0.2, 0.25) is 0 Å². The van der Waals surface area contributed by atoms with Gasteiger partial charge in [0.15, 0.2) is 0 Å². The van der Waals surface area contributed by atoms with Crippen molar-refractivity contribution in [3.63, 3.8) is 0 Å². The number of pyridine rings is 1. The van der Waals surface area contributed by atoms with Crippen LogP contribution in [0.4, 0.5) is 8.78 Å². The van der Waals surface area contributed by atoms with Gasteiger partial charge < -0.3 is 4.74 Å². The van der Waals surface area contributed by atoms with Gasteiger partial charge in [0.05, 0.1) is 0 Å². The van der Waals surface area contributed by atoms with Crippen molar-refractivity contribution in [1.82, 2.24) is 4.98 Å². The molecule has 0 atom stereocenters. The lowest BCUT2D eigenvalue weighted by molar-refractivity contribution is 0.0474. The molecule has 8 heteroatoms. The number of hydrogen-bond donors (Lipinski definition) is 0. The molecule has 2 rings (SSSR count). The Labute approximate surface area is 126 Å². The normalized spacial score (nSPS) is 10.8. The zero-order chi connectivity index (χ0) is 14.5. The molecule has 0 aliphatic heterocycles. The summed E-state index contributed by atoms with van der Waals surface area (Å²) in [6.45, 7) is 0.0117. The van der Waals surface area contributed by atoms with Crippen LogP contribution >= 0.6 is 34.7 Å². The Hall–Kier alpha value is -1.18. The maximum absolute atomic E-state index is 12.3. The first-order valence-electron chi connectivity index (χ1n) is 5.36. The summed E-state index contributed by atoms with van der Waals surface area (Å²) in [6, 6.07) is 4.70. The van der Waals surface area contributed by atoms with Crippen molar-refractivity contribution in [2.45, 2.75) is 17.3 Å². The standard InChI is InChI=1S/C12H8ClF2NO2S2/c13-9-5-7(1-3-16-9)6-18-11(17)10-8(2-4-19-10)20-12(14)15/h1-5,12H,6H2. The van der Waals surface area contributed by atoms with Crippen molar-refractivity contribution in [3.8, 4) is 0 Å². The Morgan fingerprint density at radius 3 is 3.00 bits per heavy atom. The Morgan fingerprint density at radius 1 is 1.50 bits per heavy atom. The van der Waals surface area contributed by atoms with Crippen LogP contribution in [0, 0.1) is 0 Å². The monoisotopic (exact) mass is 335 g/mol. The van der Waals surface area contributed by atoms with E-state index in [0.29, 0.717) is 22.5 Å². The minimum atomic E-state index is -2.57. The van der Waals surface area contributed by atoms with Crippen molar-refractivity contribution < 1.29 is 18.3 Å². The summed E-state index contributed by atoms with van der Waals surface area (Å²) < 4.78 is 29.7. The molecule has 0 aromatic carbocycles. The summed E-state index contributed by atoms with van der Waals surface area (Å²) in [5.41, 5.74) is 0.679. The number of alkyl halides is 2. The number of halogens is 3. The van der Waals surface area contributed by atoms with Crippen molar-refractivity contribution >= 4 is 40.7 Å². The zero-order valence-corrected chi connectivity index (χ0v) is 12.3. The van der Waals surface area contributed by atoms with Gasteiger partial charge in [-0.1, -0.05) is 23.4 Å². The van der Waals surface area contributed by atoms with Gasteiger partial charge in [-0.2, -0.15) is 8.78 Å². The fraction of sp³-hybridized carbons (Fsp3) is 0.167. The number of carbonyl (C=O) groups is 1. The van der Waals surface area contributed by atoms with Crippen molar-refractivity contribution in [2.24, 2.45) is 0 Å². The molecule has 2 heterocycles. The van der Waals surface area contributed by atoms with Crippen molar-refractivity contribution in [1.29, 1.82) is 0 Å². The van der Waals surface area contributed by atoms with Crippen molar-refractivity contribution in [3.05, 3.63) is 45.4 Å². The van der Waals surface area contributed by atoms with Gasteiger partial charge in [-0.25, -0.2) is 9.78 Å². The topological polar surface area (TPSA) is 39.2 Å². The Morgan fingerprint density at radius 2 is 2.30 bits per heavy atom. The molecule has 0 amide bonds. The SMILES string of the molecule is O=C(OCc1ccnc(Cl)c1)c1sccc1SC(F)F. The van der Waals surface area contributed by atoms with E-state index in [1.54, 1.807) is 17.5 Å². The van der Waals surface area contributed by atoms with E-state index < -0.39 is 11.7 Å². The van der Waals surface area contributed by atoms with E-state index in [0.717, 1.165) is 11.3 Å². The van der Waals surface area contributed by atoms with Crippen LogP contribution in [-0.4, -0.2) is 16.7 Å². The smallest absolute Gasteiger partial charge is 0.349 e. The predicted octanol–water partition coefficient (Wildman–Crippen LogP) is 4.47. The van der Waals surface area contributed by atoms with Gasteiger partial charge in [-0.3, -0.25) is 0 Å². The average molecular weight is 336 g/mol. The molecule has 0 N–H and O–H groups in total. The van der Waals surface area contributed by atoms with E-state index in [1.165, 1.54) is 12.3 Å². The Kier molecular flexibility index (Phi) is 5.33. The third-order valence-corrected chi connectivity index (χ3v) is 4.19. The van der Waals surface area contributed by atoms with Gasteiger partial charge in [0.1, 0.15) is 16.6 Å². The van der Waals surface area contributed by atoms with E-state index in [2.05, 4.69) is 4.98 Å². The molecule has 0 spiro atoms. The quantitative estimate of drug-likeness (QED) is 0.459. The summed E-state index contributed by atoms with van der Waals surface area (Å²) in [5.74, 6) is -3.20. The van der Waals surface area contributed by atoms with E-state index in [-0.39, 0.29) is 16.4 Å². The van der Waals surface area contributed by atoms with Gasteiger partial charge in [0.25, 0.3) is 5.76 Å². The first-order valence-corrected chi connectivity index (χ1v) is 7.50. The molecule has 0 unspecified atom stereocenters. The largest absolute Gasteiger partial charge is 0.457 e. The third-order valence-electron chi connectivity index (χ3n) is 2.19. The molecule has 0 bridgehead atoms. The van der Waals surface area contributed by atoms with Gasteiger partial charge in [-0.15, -0.1) is 11.3 Å². The highest BCUT2D eigenvalue weighted by atomic mass is 35.5. The minimum absolute atomic E-state index is 0.0117. The molecule has 0 fully saturated rings. The number of ether oxygens (including phenoxy) is 1. The minimum Gasteiger partial charge on any atom is -0.457 e. The fourth-order valence-corrected chi connectivity index (χ4v) is 3.16. The maximum atomic E-state index is 12.3. The van der Waals surface area contributed by atoms with Gasteiger partial charge in [-0.05, 0) is 29.1 Å². The highest BCUT2D eigenvalue weighted by molar-refractivity contribution is 7.99. The molecule has 0 saturated heterocycles. The molecular formula is C12H8ClF2NO2S2. The number of thioether (sulfide) groups is 1. The molecule has 0 aliphatic rings. The second-order valence-corrected chi connectivity index (χ2v) is 5.89. The number of aromatic nitrogens is 1. The summed E-state index contributed by atoms with van der Waals surface area (Å²) in [6.07, 6.45) is 1.49. The zero-order valence-electron chi connectivity index (χ0n) is 9.89. The van der Waals surface area contributed by atoms with Crippen molar-refractivity contribution in [2.75, 3.05) is 0 Å². The number of thiophene rings is 1. The fourth-order valence-electron chi connectivity index (χ4n) is 1.38. The number of esters is 1. The van der Waals surface area contributed by atoms with Crippen LogP contribution in [-0.2, 0) is 11.3 Å².